The van der Waals surface area contributed by atoms with Gasteiger partial charge in [0.2, 0.25) is 0 Å². The van der Waals surface area contributed by atoms with Gasteiger partial charge in [0, 0.05) is 0 Å². The molecule has 0 bridgehead atoms. The SMILES string of the molecule is N#Cc1ccccc1NC(=O)c1ccc(COc2cccc(Cl)c2Cl)o1. The fraction of sp³-hybridized carbons (Fsp3) is 0.0526. The normalized spacial score (nSPS) is 10.2. The Morgan fingerprint density at radius 1 is 1.12 bits per heavy atom. The molecule has 1 heterocycles. The highest BCUT2D eigenvalue weighted by atomic mass is 35.5. The van der Waals surface area contributed by atoms with Crippen molar-refractivity contribution in [2.45, 2.75) is 6.61 Å². The van der Waals surface area contributed by atoms with E-state index < -0.39 is 5.91 Å². The molecular weight excluding hydrogens is 375 g/mol. The smallest absolute Gasteiger partial charge is 0.291 e. The number of amides is 1. The summed E-state index contributed by atoms with van der Waals surface area (Å²) in [5.74, 6) is 0.512. The molecule has 1 amide bonds. The van der Waals surface area contributed by atoms with Crippen LogP contribution in [0.1, 0.15) is 21.9 Å². The summed E-state index contributed by atoms with van der Waals surface area (Å²) >= 11 is 12.0. The number of carbonyl (C=O) groups is 1. The second kappa shape index (κ2) is 7.96. The standard InChI is InChI=1S/C19H12Cl2N2O3/c20-14-5-3-7-16(18(14)21)25-11-13-8-9-17(26-13)19(24)23-15-6-2-1-4-12(15)10-22/h1-9H,11H2,(H,23,24). The lowest BCUT2D eigenvalue weighted by Gasteiger charge is -2.07. The molecule has 0 fully saturated rings. The Kier molecular flexibility index (Phi) is 5.47. The summed E-state index contributed by atoms with van der Waals surface area (Å²) in [6, 6.07) is 16.9. The van der Waals surface area contributed by atoms with Crippen molar-refractivity contribution in [3.8, 4) is 11.8 Å². The molecule has 0 unspecified atom stereocenters. The lowest BCUT2D eigenvalue weighted by Crippen LogP contribution is -2.11. The van der Waals surface area contributed by atoms with Crippen LogP contribution in [0.3, 0.4) is 0 Å². The molecule has 0 spiro atoms. The van der Waals surface area contributed by atoms with Crippen LogP contribution < -0.4 is 10.1 Å². The molecule has 0 saturated carbocycles. The molecule has 2 aromatic carbocycles. The molecule has 3 rings (SSSR count). The van der Waals surface area contributed by atoms with Crippen LogP contribution in [0, 0.1) is 11.3 Å². The van der Waals surface area contributed by atoms with Crippen LogP contribution in [-0.4, -0.2) is 5.91 Å². The van der Waals surface area contributed by atoms with Gasteiger partial charge in [-0.15, -0.1) is 0 Å². The van der Waals surface area contributed by atoms with Crippen molar-refractivity contribution in [2.24, 2.45) is 0 Å². The summed E-state index contributed by atoms with van der Waals surface area (Å²) < 4.78 is 11.1. The number of rotatable bonds is 5. The van der Waals surface area contributed by atoms with Gasteiger partial charge in [-0.25, -0.2) is 0 Å². The Morgan fingerprint density at radius 3 is 2.73 bits per heavy atom. The lowest BCUT2D eigenvalue weighted by atomic mass is 10.2. The number of benzene rings is 2. The molecule has 0 saturated heterocycles. The summed E-state index contributed by atoms with van der Waals surface area (Å²) in [7, 11) is 0. The molecule has 0 atom stereocenters. The van der Waals surface area contributed by atoms with Gasteiger partial charge in [0.1, 0.15) is 29.2 Å². The van der Waals surface area contributed by atoms with Crippen LogP contribution in [0.4, 0.5) is 5.69 Å². The minimum atomic E-state index is -0.459. The molecule has 0 aliphatic heterocycles. The molecule has 0 aliphatic carbocycles. The summed E-state index contributed by atoms with van der Waals surface area (Å²) in [5, 5.41) is 12.4. The van der Waals surface area contributed by atoms with Gasteiger partial charge in [0.25, 0.3) is 5.91 Å². The number of nitriles is 1. The molecule has 1 aromatic heterocycles. The van der Waals surface area contributed by atoms with Crippen LogP contribution in [0.15, 0.2) is 59.0 Å². The second-order valence-corrected chi connectivity index (χ2v) is 6.00. The predicted molar refractivity (Wildman–Crippen MR) is 98.6 cm³/mol. The number of halogens is 2. The molecule has 26 heavy (non-hydrogen) atoms. The first-order chi connectivity index (χ1) is 12.6. The number of nitrogens with zero attached hydrogens (tertiary/aromatic N) is 1. The molecule has 7 heteroatoms. The summed E-state index contributed by atoms with van der Waals surface area (Å²) in [6.45, 7) is 0.0854. The van der Waals surface area contributed by atoms with E-state index in [4.69, 9.17) is 37.6 Å². The Balaban J connectivity index is 1.67. The van der Waals surface area contributed by atoms with E-state index in [0.29, 0.717) is 32.8 Å². The Labute approximate surface area is 159 Å². The zero-order valence-corrected chi connectivity index (χ0v) is 14.8. The Hall–Kier alpha value is -2.94. The van der Waals surface area contributed by atoms with E-state index in [-0.39, 0.29) is 12.4 Å². The maximum absolute atomic E-state index is 12.3. The van der Waals surface area contributed by atoms with Crippen LogP contribution in [0.25, 0.3) is 0 Å². The number of hydrogen-bond donors (Lipinski definition) is 1. The van der Waals surface area contributed by atoms with E-state index >= 15 is 0 Å². The third-order valence-corrected chi connectivity index (χ3v) is 4.27. The van der Waals surface area contributed by atoms with Gasteiger partial charge >= 0.3 is 0 Å². The summed E-state index contributed by atoms with van der Waals surface area (Å²) in [6.07, 6.45) is 0. The largest absolute Gasteiger partial charge is 0.484 e. The first-order valence-electron chi connectivity index (χ1n) is 7.54. The number of carbonyl (C=O) groups excluding carboxylic acids is 1. The van der Waals surface area contributed by atoms with Gasteiger partial charge in [-0.2, -0.15) is 5.26 Å². The third-order valence-electron chi connectivity index (χ3n) is 3.47. The van der Waals surface area contributed by atoms with E-state index in [0.717, 1.165) is 0 Å². The van der Waals surface area contributed by atoms with Gasteiger partial charge in [0.05, 0.1) is 16.3 Å². The highest BCUT2D eigenvalue weighted by Gasteiger charge is 2.14. The first kappa shape index (κ1) is 17.9. The minimum Gasteiger partial charge on any atom is -0.484 e. The molecule has 130 valence electrons. The molecule has 1 N–H and O–H groups in total. The number of furan rings is 1. The third kappa shape index (κ3) is 3.99. The molecule has 0 aliphatic rings. The van der Waals surface area contributed by atoms with Crippen LogP contribution >= 0.6 is 23.2 Å². The van der Waals surface area contributed by atoms with Gasteiger partial charge in [-0.3, -0.25) is 4.79 Å². The zero-order chi connectivity index (χ0) is 18.5. The Bertz CT molecular complexity index is 992. The maximum Gasteiger partial charge on any atom is 0.291 e. The second-order valence-electron chi connectivity index (χ2n) is 5.22. The van der Waals surface area contributed by atoms with E-state index in [1.165, 1.54) is 6.07 Å². The Morgan fingerprint density at radius 2 is 1.92 bits per heavy atom. The quantitative estimate of drug-likeness (QED) is 0.646. The molecule has 0 radical (unpaired) electrons. The molecule has 5 nitrogen and oxygen atoms in total. The van der Waals surface area contributed by atoms with Crippen LogP contribution in [-0.2, 0) is 6.61 Å². The van der Waals surface area contributed by atoms with Crippen LogP contribution in [0.5, 0.6) is 5.75 Å². The average molecular weight is 387 g/mol. The number of para-hydroxylation sites is 1. The monoisotopic (exact) mass is 386 g/mol. The van der Waals surface area contributed by atoms with Crippen molar-refractivity contribution in [2.75, 3.05) is 5.32 Å². The highest BCUT2D eigenvalue weighted by Crippen LogP contribution is 2.32. The van der Waals surface area contributed by atoms with Crippen molar-refractivity contribution in [1.82, 2.24) is 0 Å². The molecular formula is C19H12Cl2N2O3. The van der Waals surface area contributed by atoms with Gasteiger partial charge in [-0.1, -0.05) is 41.4 Å². The van der Waals surface area contributed by atoms with Crippen molar-refractivity contribution >= 4 is 34.8 Å². The summed E-state index contributed by atoms with van der Waals surface area (Å²) in [5.41, 5.74) is 0.784. The van der Waals surface area contributed by atoms with Gasteiger partial charge in [0.15, 0.2) is 5.76 Å². The van der Waals surface area contributed by atoms with Gasteiger partial charge in [-0.05, 0) is 36.4 Å². The summed E-state index contributed by atoms with van der Waals surface area (Å²) in [4.78, 5) is 12.3. The first-order valence-corrected chi connectivity index (χ1v) is 8.30. The minimum absolute atomic E-state index is 0.0854. The average Bonchev–Trinajstić information content (AvgIpc) is 3.12. The number of nitrogens with one attached hydrogen (secondary N) is 1. The van der Waals surface area contributed by atoms with E-state index in [1.54, 1.807) is 48.5 Å². The number of anilines is 1. The van der Waals surface area contributed by atoms with E-state index in [9.17, 15) is 4.79 Å². The van der Waals surface area contributed by atoms with Crippen molar-refractivity contribution in [3.63, 3.8) is 0 Å². The highest BCUT2D eigenvalue weighted by molar-refractivity contribution is 6.42. The van der Waals surface area contributed by atoms with E-state index in [2.05, 4.69) is 5.32 Å². The maximum atomic E-state index is 12.3. The predicted octanol–water partition coefficient (Wildman–Crippen LogP) is 5.29. The number of ether oxygens (including phenoxy) is 1. The van der Waals surface area contributed by atoms with Crippen molar-refractivity contribution in [3.05, 3.63) is 81.7 Å². The van der Waals surface area contributed by atoms with Crippen molar-refractivity contribution in [1.29, 1.82) is 5.26 Å². The zero-order valence-electron chi connectivity index (χ0n) is 13.3. The molecule has 3 aromatic rings. The fourth-order valence-corrected chi connectivity index (χ4v) is 2.54. The topological polar surface area (TPSA) is 75.3 Å². The fourth-order valence-electron chi connectivity index (χ4n) is 2.20. The number of hydrogen-bond acceptors (Lipinski definition) is 4. The van der Waals surface area contributed by atoms with Crippen LogP contribution in [0.2, 0.25) is 10.0 Å². The van der Waals surface area contributed by atoms with Gasteiger partial charge < -0.3 is 14.5 Å². The lowest BCUT2D eigenvalue weighted by molar-refractivity contribution is 0.0992. The van der Waals surface area contributed by atoms with E-state index in [1.807, 2.05) is 6.07 Å². The van der Waals surface area contributed by atoms with Crippen molar-refractivity contribution < 1.29 is 13.9 Å².